The van der Waals surface area contributed by atoms with Crippen molar-refractivity contribution in [2.75, 3.05) is 13.7 Å². The molecule has 162 valence electrons. The van der Waals surface area contributed by atoms with Crippen molar-refractivity contribution in [1.29, 1.82) is 0 Å². The number of carbonyl (C=O) groups excluding carboxylic acids is 2. The molecule has 6 heteroatoms. The molecule has 1 saturated heterocycles. The quantitative estimate of drug-likeness (QED) is 0.327. The summed E-state index contributed by atoms with van der Waals surface area (Å²) in [5.41, 5.74) is 2.26. The first-order valence-corrected chi connectivity index (χ1v) is 10.6. The first-order chi connectivity index (χ1) is 15.5. The van der Waals surface area contributed by atoms with E-state index in [4.69, 9.17) is 16.3 Å². The summed E-state index contributed by atoms with van der Waals surface area (Å²) in [4.78, 5) is 27.6. The largest absolute Gasteiger partial charge is 0.507 e. The molecule has 4 rings (SSSR count). The Kier molecular flexibility index (Phi) is 6.28. The van der Waals surface area contributed by atoms with Crippen LogP contribution in [0.1, 0.15) is 22.7 Å². The molecule has 0 unspecified atom stereocenters. The van der Waals surface area contributed by atoms with Gasteiger partial charge in [-0.1, -0.05) is 54.1 Å². The van der Waals surface area contributed by atoms with Crippen LogP contribution in [-0.4, -0.2) is 35.4 Å². The summed E-state index contributed by atoms with van der Waals surface area (Å²) >= 11 is 6.06. The number of rotatable bonds is 6. The summed E-state index contributed by atoms with van der Waals surface area (Å²) in [7, 11) is 1.55. The average Bonchev–Trinajstić information content (AvgIpc) is 3.08. The zero-order valence-electron chi connectivity index (χ0n) is 17.5. The molecule has 0 bridgehead atoms. The van der Waals surface area contributed by atoms with Crippen molar-refractivity contribution in [2.24, 2.45) is 0 Å². The highest BCUT2D eigenvalue weighted by molar-refractivity contribution is 6.46. The fraction of sp³-hybridized carbons (Fsp3) is 0.154. The normalized spacial score (nSPS) is 17.6. The van der Waals surface area contributed by atoms with E-state index in [1.807, 2.05) is 30.3 Å². The molecule has 1 aliphatic rings. The Bertz CT molecular complexity index is 1150. The van der Waals surface area contributed by atoms with Gasteiger partial charge >= 0.3 is 0 Å². The molecule has 0 aliphatic carbocycles. The number of likely N-dealkylation sites (tertiary alicyclic amines) is 1. The smallest absolute Gasteiger partial charge is 0.295 e. The van der Waals surface area contributed by atoms with Crippen molar-refractivity contribution in [2.45, 2.75) is 12.5 Å². The van der Waals surface area contributed by atoms with Crippen molar-refractivity contribution in [3.63, 3.8) is 0 Å². The molecule has 1 atom stereocenters. The second-order valence-corrected chi connectivity index (χ2v) is 7.94. The minimum Gasteiger partial charge on any atom is -0.507 e. The Morgan fingerprint density at radius 3 is 2.25 bits per heavy atom. The van der Waals surface area contributed by atoms with E-state index >= 15 is 0 Å². The van der Waals surface area contributed by atoms with Crippen molar-refractivity contribution in [3.8, 4) is 5.75 Å². The lowest BCUT2D eigenvalue weighted by atomic mass is 9.95. The van der Waals surface area contributed by atoms with Crippen molar-refractivity contribution < 1.29 is 19.4 Å². The summed E-state index contributed by atoms with van der Waals surface area (Å²) in [6.45, 7) is 0.335. The molecule has 1 amide bonds. The first kappa shape index (κ1) is 21.7. The second kappa shape index (κ2) is 9.28. The predicted octanol–water partition coefficient (Wildman–Crippen LogP) is 5.01. The number of ether oxygens (including phenoxy) is 1. The minimum absolute atomic E-state index is 0.0653. The van der Waals surface area contributed by atoms with E-state index in [-0.39, 0.29) is 11.3 Å². The van der Waals surface area contributed by atoms with Gasteiger partial charge in [0.05, 0.1) is 18.7 Å². The van der Waals surface area contributed by atoms with E-state index in [1.54, 1.807) is 55.6 Å². The van der Waals surface area contributed by atoms with Gasteiger partial charge in [-0.3, -0.25) is 9.59 Å². The molecule has 0 saturated carbocycles. The maximum atomic E-state index is 13.1. The fourth-order valence-corrected chi connectivity index (χ4v) is 4.03. The number of ketones is 1. The van der Waals surface area contributed by atoms with Gasteiger partial charge in [0.2, 0.25) is 0 Å². The van der Waals surface area contributed by atoms with Crippen LogP contribution in [-0.2, 0) is 16.0 Å². The van der Waals surface area contributed by atoms with Crippen LogP contribution in [0.5, 0.6) is 5.75 Å². The Labute approximate surface area is 191 Å². The summed E-state index contributed by atoms with van der Waals surface area (Å²) < 4.78 is 5.17. The minimum atomic E-state index is -0.710. The first-order valence-electron chi connectivity index (χ1n) is 10.2. The third-order valence-corrected chi connectivity index (χ3v) is 5.83. The maximum Gasteiger partial charge on any atom is 0.295 e. The predicted molar refractivity (Wildman–Crippen MR) is 124 cm³/mol. The topological polar surface area (TPSA) is 66.8 Å². The van der Waals surface area contributed by atoms with Crippen LogP contribution < -0.4 is 4.74 Å². The number of hydrogen-bond acceptors (Lipinski definition) is 4. The lowest BCUT2D eigenvalue weighted by Crippen LogP contribution is -2.31. The number of hydrogen-bond donors (Lipinski definition) is 1. The highest BCUT2D eigenvalue weighted by Crippen LogP contribution is 2.39. The molecule has 0 radical (unpaired) electrons. The molecular weight excluding hydrogens is 426 g/mol. The number of methoxy groups -OCH3 is 1. The fourth-order valence-electron chi connectivity index (χ4n) is 3.90. The molecule has 3 aromatic rings. The number of aliphatic hydroxyl groups excluding tert-OH is 1. The van der Waals surface area contributed by atoms with Crippen LogP contribution >= 0.6 is 11.6 Å². The monoisotopic (exact) mass is 447 g/mol. The molecule has 3 aromatic carbocycles. The van der Waals surface area contributed by atoms with Gasteiger partial charge in [0.25, 0.3) is 11.7 Å². The highest BCUT2D eigenvalue weighted by atomic mass is 35.5. The van der Waals surface area contributed by atoms with Crippen molar-refractivity contribution in [3.05, 3.63) is 106 Å². The molecule has 32 heavy (non-hydrogen) atoms. The van der Waals surface area contributed by atoms with Gasteiger partial charge in [-0.15, -0.1) is 0 Å². The van der Waals surface area contributed by atoms with Gasteiger partial charge in [-0.05, 0) is 53.9 Å². The van der Waals surface area contributed by atoms with Crippen LogP contribution in [0.3, 0.4) is 0 Å². The lowest BCUT2D eigenvalue weighted by molar-refractivity contribution is -0.139. The average molecular weight is 448 g/mol. The van der Waals surface area contributed by atoms with E-state index in [1.165, 1.54) is 4.90 Å². The number of amides is 1. The Morgan fingerprint density at radius 1 is 0.969 bits per heavy atom. The van der Waals surface area contributed by atoms with Gasteiger partial charge in [0, 0.05) is 17.1 Å². The molecule has 1 heterocycles. The van der Waals surface area contributed by atoms with Crippen LogP contribution in [0.15, 0.2) is 84.4 Å². The van der Waals surface area contributed by atoms with Crippen molar-refractivity contribution in [1.82, 2.24) is 4.90 Å². The van der Waals surface area contributed by atoms with Crippen LogP contribution in [0, 0.1) is 0 Å². The van der Waals surface area contributed by atoms with Crippen LogP contribution in [0.25, 0.3) is 5.76 Å². The van der Waals surface area contributed by atoms with E-state index < -0.39 is 17.7 Å². The summed E-state index contributed by atoms with van der Waals surface area (Å²) in [6, 6.07) is 22.7. The number of halogens is 1. The Morgan fingerprint density at radius 2 is 1.62 bits per heavy atom. The van der Waals surface area contributed by atoms with E-state index in [9.17, 15) is 14.7 Å². The SMILES string of the molecule is COc1ccc(C(O)=C2C(=O)C(=O)N(CCc3ccccc3)[C@H]2c2ccc(Cl)cc2)cc1. The number of aliphatic hydroxyl groups is 1. The molecule has 1 aliphatic heterocycles. The van der Waals surface area contributed by atoms with E-state index in [0.29, 0.717) is 34.9 Å². The van der Waals surface area contributed by atoms with Crippen LogP contribution in [0.4, 0.5) is 0 Å². The summed E-state index contributed by atoms with van der Waals surface area (Å²) in [5, 5.41) is 11.6. The number of Topliss-reactive ketones (excluding diaryl/α,β-unsaturated/α-hetero) is 1. The van der Waals surface area contributed by atoms with E-state index in [2.05, 4.69) is 0 Å². The highest BCUT2D eigenvalue weighted by Gasteiger charge is 2.45. The molecular formula is C26H22ClNO4. The zero-order valence-corrected chi connectivity index (χ0v) is 18.3. The summed E-state index contributed by atoms with van der Waals surface area (Å²) in [5.74, 6) is -0.922. The van der Waals surface area contributed by atoms with Gasteiger partial charge in [0.1, 0.15) is 11.5 Å². The van der Waals surface area contributed by atoms with Gasteiger partial charge in [-0.25, -0.2) is 0 Å². The van der Waals surface area contributed by atoms with E-state index in [0.717, 1.165) is 5.56 Å². The Balaban J connectivity index is 1.77. The second-order valence-electron chi connectivity index (χ2n) is 7.51. The van der Waals surface area contributed by atoms with Gasteiger partial charge in [-0.2, -0.15) is 0 Å². The van der Waals surface area contributed by atoms with Crippen molar-refractivity contribution >= 4 is 29.1 Å². The molecule has 5 nitrogen and oxygen atoms in total. The van der Waals surface area contributed by atoms with Crippen LogP contribution in [0.2, 0.25) is 5.02 Å². The molecule has 0 aromatic heterocycles. The Hall–Kier alpha value is -3.57. The number of carbonyl (C=O) groups is 2. The van der Waals surface area contributed by atoms with Gasteiger partial charge in [0.15, 0.2) is 0 Å². The lowest BCUT2D eigenvalue weighted by Gasteiger charge is -2.25. The number of benzene rings is 3. The maximum absolute atomic E-state index is 13.1. The molecule has 1 fully saturated rings. The summed E-state index contributed by atoms with van der Waals surface area (Å²) in [6.07, 6.45) is 0.584. The standard InChI is InChI=1S/C26H22ClNO4/c1-32-21-13-9-19(10-14-21)24(29)22-23(18-7-11-20(27)12-8-18)28(26(31)25(22)30)16-15-17-5-3-2-4-6-17/h2-14,23,29H,15-16H2,1H3/t23-/m0/s1. The zero-order chi connectivity index (χ0) is 22.7. The third-order valence-electron chi connectivity index (χ3n) is 5.57. The third kappa shape index (κ3) is 4.25. The molecule has 1 N–H and O–H groups in total. The van der Waals surface area contributed by atoms with Gasteiger partial charge < -0.3 is 14.7 Å². The molecule has 0 spiro atoms. The number of nitrogens with zero attached hydrogens (tertiary/aromatic N) is 1.